The largest absolute Gasteiger partial charge is 0.495 e. The highest BCUT2D eigenvalue weighted by Gasteiger charge is 2.10. The minimum Gasteiger partial charge on any atom is -0.495 e. The number of carbonyl (C=O) groups is 2. The SMILES string of the molecule is COc1ccc(C)cc1NC(=O)C/C(C)=N/NC(=O)c1cccc(Br)c1. The van der Waals surface area contributed by atoms with E-state index < -0.39 is 0 Å². The van der Waals surface area contributed by atoms with Crippen LogP contribution in [-0.4, -0.2) is 24.6 Å². The number of aryl methyl sites for hydroxylation is 1. The summed E-state index contributed by atoms with van der Waals surface area (Å²) in [4.78, 5) is 24.2. The molecule has 0 spiro atoms. The second-order valence-corrected chi connectivity index (χ2v) is 6.64. The number of hydrogen-bond donors (Lipinski definition) is 2. The second kappa shape index (κ2) is 9.15. The first-order valence-electron chi connectivity index (χ1n) is 7.92. The quantitative estimate of drug-likeness (QED) is 0.552. The maximum atomic E-state index is 12.2. The highest BCUT2D eigenvalue weighted by atomic mass is 79.9. The van der Waals surface area contributed by atoms with Crippen LogP contribution in [0.3, 0.4) is 0 Å². The molecule has 2 N–H and O–H groups in total. The van der Waals surface area contributed by atoms with Gasteiger partial charge in [0.2, 0.25) is 5.91 Å². The van der Waals surface area contributed by atoms with Crippen LogP contribution < -0.4 is 15.5 Å². The van der Waals surface area contributed by atoms with Crippen LogP contribution in [0.2, 0.25) is 0 Å². The van der Waals surface area contributed by atoms with Crippen LogP contribution >= 0.6 is 15.9 Å². The molecule has 0 unspecified atom stereocenters. The Morgan fingerprint density at radius 1 is 1.19 bits per heavy atom. The Morgan fingerprint density at radius 3 is 2.65 bits per heavy atom. The van der Waals surface area contributed by atoms with Crippen molar-refractivity contribution in [1.29, 1.82) is 0 Å². The van der Waals surface area contributed by atoms with Crippen molar-refractivity contribution in [2.75, 3.05) is 12.4 Å². The summed E-state index contributed by atoms with van der Waals surface area (Å²) in [6.45, 7) is 3.60. The molecular weight excluding hydrogens is 398 g/mol. The van der Waals surface area contributed by atoms with E-state index in [1.54, 1.807) is 38.3 Å². The number of hydrazone groups is 1. The van der Waals surface area contributed by atoms with Gasteiger partial charge in [0.15, 0.2) is 0 Å². The normalized spacial score (nSPS) is 11.0. The molecule has 6 nitrogen and oxygen atoms in total. The van der Waals surface area contributed by atoms with Crippen molar-refractivity contribution in [2.24, 2.45) is 5.10 Å². The molecule has 2 amide bonds. The summed E-state index contributed by atoms with van der Waals surface area (Å²) < 4.78 is 6.04. The summed E-state index contributed by atoms with van der Waals surface area (Å²) in [5.74, 6) is -0.000217. The minimum atomic E-state index is -0.341. The smallest absolute Gasteiger partial charge is 0.271 e. The van der Waals surface area contributed by atoms with Gasteiger partial charge in [-0.2, -0.15) is 5.10 Å². The Labute approximate surface area is 160 Å². The number of halogens is 1. The van der Waals surface area contributed by atoms with Crippen molar-refractivity contribution in [2.45, 2.75) is 20.3 Å². The van der Waals surface area contributed by atoms with Gasteiger partial charge in [0.25, 0.3) is 5.91 Å². The second-order valence-electron chi connectivity index (χ2n) is 5.73. The number of nitrogens with zero attached hydrogens (tertiary/aromatic N) is 1. The first kappa shape index (κ1) is 19.7. The molecule has 0 saturated carbocycles. The van der Waals surface area contributed by atoms with Crippen molar-refractivity contribution in [3.05, 3.63) is 58.1 Å². The Bertz CT molecular complexity index is 850. The molecule has 0 fully saturated rings. The Morgan fingerprint density at radius 2 is 1.96 bits per heavy atom. The Kier molecular flexibility index (Phi) is 6.91. The molecule has 0 radical (unpaired) electrons. The summed E-state index contributed by atoms with van der Waals surface area (Å²) in [6.07, 6.45) is 0.0514. The van der Waals surface area contributed by atoms with Crippen molar-refractivity contribution in [1.82, 2.24) is 5.43 Å². The molecule has 0 aliphatic rings. The fraction of sp³-hybridized carbons (Fsp3) is 0.211. The molecule has 2 aromatic carbocycles. The number of methoxy groups -OCH3 is 1. The lowest BCUT2D eigenvalue weighted by atomic mass is 10.2. The lowest BCUT2D eigenvalue weighted by Gasteiger charge is -2.11. The highest BCUT2D eigenvalue weighted by molar-refractivity contribution is 9.10. The van der Waals surface area contributed by atoms with Crippen molar-refractivity contribution in [3.8, 4) is 5.75 Å². The van der Waals surface area contributed by atoms with Gasteiger partial charge in [-0.3, -0.25) is 9.59 Å². The molecule has 0 bridgehead atoms. The van der Waals surface area contributed by atoms with Gasteiger partial charge in [0.1, 0.15) is 5.75 Å². The summed E-state index contributed by atoms with van der Waals surface area (Å²) in [7, 11) is 1.55. The van der Waals surface area contributed by atoms with Gasteiger partial charge in [-0.25, -0.2) is 5.43 Å². The summed E-state index contributed by atoms with van der Waals surface area (Å²) in [6, 6.07) is 12.5. The number of carbonyl (C=O) groups excluding carboxylic acids is 2. The number of anilines is 1. The average Bonchev–Trinajstić information content (AvgIpc) is 2.59. The molecule has 0 atom stereocenters. The van der Waals surface area contributed by atoms with E-state index in [0.717, 1.165) is 10.0 Å². The number of ether oxygens (including phenoxy) is 1. The van der Waals surface area contributed by atoms with Crippen LogP contribution in [0.15, 0.2) is 52.0 Å². The zero-order chi connectivity index (χ0) is 19.1. The highest BCUT2D eigenvalue weighted by Crippen LogP contribution is 2.25. The van der Waals surface area contributed by atoms with Gasteiger partial charge >= 0.3 is 0 Å². The van der Waals surface area contributed by atoms with Gasteiger partial charge in [0, 0.05) is 15.7 Å². The summed E-state index contributed by atoms with van der Waals surface area (Å²) in [5, 5.41) is 6.78. The topological polar surface area (TPSA) is 79.8 Å². The van der Waals surface area contributed by atoms with Crippen LogP contribution in [0.25, 0.3) is 0 Å². The maximum absolute atomic E-state index is 12.2. The van der Waals surface area contributed by atoms with E-state index in [1.165, 1.54) is 0 Å². The van der Waals surface area contributed by atoms with Gasteiger partial charge in [-0.05, 0) is 49.7 Å². The Balaban J connectivity index is 1.95. The van der Waals surface area contributed by atoms with E-state index in [4.69, 9.17) is 4.74 Å². The van der Waals surface area contributed by atoms with Crippen LogP contribution in [0, 0.1) is 6.92 Å². The number of rotatable bonds is 6. The van der Waals surface area contributed by atoms with Crippen LogP contribution in [0.1, 0.15) is 29.3 Å². The standard InChI is InChI=1S/C19H20BrN3O3/c1-12-7-8-17(26-3)16(9-12)21-18(24)10-13(2)22-23-19(25)14-5-4-6-15(20)11-14/h4-9,11H,10H2,1-3H3,(H,21,24)(H,23,25)/b22-13+. The first-order chi connectivity index (χ1) is 12.4. The molecule has 136 valence electrons. The van der Waals surface area contributed by atoms with E-state index in [9.17, 15) is 9.59 Å². The van der Waals surface area contributed by atoms with E-state index >= 15 is 0 Å². The average molecular weight is 418 g/mol. The van der Waals surface area contributed by atoms with Gasteiger partial charge < -0.3 is 10.1 Å². The number of hydrogen-bond acceptors (Lipinski definition) is 4. The third-order valence-electron chi connectivity index (χ3n) is 3.48. The Hall–Kier alpha value is -2.67. The lowest BCUT2D eigenvalue weighted by Crippen LogP contribution is -2.21. The van der Waals surface area contributed by atoms with Gasteiger partial charge in [-0.15, -0.1) is 0 Å². The first-order valence-corrected chi connectivity index (χ1v) is 8.72. The zero-order valence-electron chi connectivity index (χ0n) is 14.8. The molecule has 26 heavy (non-hydrogen) atoms. The summed E-state index contributed by atoms with van der Waals surface area (Å²) >= 11 is 3.31. The van der Waals surface area contributed by atoms with Crippen LogP contribution in [-0.2, 0) is 4.79 Å². The molecule has 0 heterocycles. The fourth-order valence-electron chi connectivity index (χ4n) is 2.23. The monoisotopic (exact) mass is 417 g/mol. The van der Waals surface area contributed by atoms with Crippen molar-refractivity contribution < 1.29 is 14.3 Å². The summed E-state index contributed by atoms with van der Waals surface area (Å²) in [5.41, 5.74) is 5.02. The maximum Gasteiger partial charge on any atom is 0.271 e. The van der Waals surface area contributed by atoms with E-state index in [1.807, 2.05) is 25.1 Å². The molecule has 0 aliphatic carbocycles. The molecule has 7 heteroatoms. The molecule has 2 rings (SSSR count). The van der Waals surface area contributed by atoms with E-state index in [-0.39, 0.29) is 18.2 Å². The van der Waals surface area contributed by atoms with Crippen LogP contribution in [0.5, 0.6) is 5.75 Å². The minimum absolute atomic E-state index is 0.0514. The van der Waals surface area contributed by atoms with Gasteiger partial charge in [-0.1, -0.05) is 28.1 Å². The van der Waals surface area contributed by atoms with Crippen LogP contribution in [0.4, 0.5) is 5.69 Å². The van der Waals surface area contributed by atoms with Crippen molar-refractivity contribution >= 4 is 39.1 Å². The predicted molar refractivity (Wildman–Crippen MR) is 106 cm³/mol. The van der Waals surface area contributed by atoms with E-state index in [0.29, 0.717) is 22.7 Å². The number of benzene rings is 2. The lowest BCUT2D eigenvalue weighted by molar-refractivity contribution is -0.115. The van der Waals surface area contributed by atoms with Crippen molar-refractivity contribution in [3.63, 3.8) is 0 Å². The number of amides is 2. The zero-order valence-corrected chi connectivity index (χ0v) is 16.4. The van der Waals surface area contributed by atoms with E-state index in [2.05, 4.69) is 31.8 Å². The third kappa shape index (κ3) is 5.70. The fourth-order valence-corrected chi connectivity index (χ4v) is 2.63. The molecule has 2 aromatic rings. The van der Waals surface area contributed by atoms with Gasteiger partial charge in [0.05, 0.1) is 19.2 Å². The number of nitrogens with one attached hydrogen (secondary N) is 2. The third-order valence-corrected chi connectivity index (χ3v) is 3.97. The molecule has 0 aliphatic heterocycles. The molecule has 0 aromatic heterocycles. The molecule has 0 saturated heterocycles. The molecular formula is C19H20BrN3O3. The predicted octanol–water partition coefficient (Wildman–Crippen LogP) is 3.90.